The molecule has 1 aliphatic rings. The molecule has 1 atom stereocenters. The maximum Gasteiger partial charge on any atom is 0.252 e. The number of hydrogen-bond acceptors (Lipinski definition) is 6. The molecular formula is C27H32N4O3S. The van der Waals surface area contributed by atoms with Gasteiger partial charge in [-0.05, 0) is 55.7 Å². The zero-order valence-corrected chi connectivity index (χ0v) is 20.9. The van der Waals surface area contributed by atoms with Crippen LogP contribution in [0, 0.1) is 0 Å². The standard InChI is InChI=1S/C27H32N4O3S/c1-2-3-12-25(27(33)29-21-9-7-10-23(16-21)31-13-4-5-14-31)30-26(32)20-8-6-11-24(15-20)34-17-22-18-35-19-28-22/h6-11,15-16,18-19,25H,2-5,12-14,17H2,1H3,(H,29,33)(H,30,32). The highest BCUT2D eigenvalue weighted by molar-refractivity contribution is 7.07. The molecule has 1 unspecified atom stereocenters. The maximum absolute atomic E-state index is 13.1. The fourth-order valence-electron chi connectivity index (χ4n) is 4.10. The topological polar surface area (TPSA) is 83.6 Å². The summed E-state index contributed by atoms with van der Waals surface area (Å²) >= 11 is 1.51. The number of nitrogens with one attached hydrogen (secondary N) is 2. The van der Waals surface area contributed by atoms with Crippen molar-refractivity contribution < 1.29 is 14.3 Å². The summed E-state index contributed by atoms with van der Waals surface area (Å²) in [6.45, 7) is 4.49. The van der Waals surface area contributed by atoms with Gasteiger partial charge in [-0.25, -0.2) is 4.98 Å². The molecule has 0 bridgehead atoms. The lowest BCUT2D eigenvalue weighted by atomic mass is 10.1. The van der Waals surface area contributed by atoms with Crippen LogP contribution in [-0.4, -0.2) is 35.9 Å². The minimum Gasteiger partial charge on any atom is -0.487 e. The first-order valence-corrected chi connectivity index (χ1v) is 13.1. The molecule has 7 nitrogen and oxygen atoms in total. The third-order valence-corrected chi connectivity index (χ3v) is 6.65. The number of benzene rings is 2. The van der Waals surface area contributed by atoms with Crippen LogP contribution < -0.4 is 20.3 Å². The van der Waals surface area contributed by atoms with E-state index in [2.05, 4.69) is 33.5 Å². The van der Waals surface area contributed by atoms with Gasteiger partial charge in [-0.1, -0.05) is 31.9 Å². The minimum absolute atomic E-state index is 0.207. The van der Waals surface area contributed by atoms with Crippen LogP contribution in [0.3, 0.4) is 0 Å². The van der Waals surface area contributed by atoms with Crippen LogP contribution in [0.15, 0.2) is 59.4 Å². The van der Waals surface area contributed by atoms with Crippen LogP contribution in [0.2, 0.25) is 0 Å². The lowest BCUT2D eigenvalue weighted by molar-refractivity contribution is -0.118. The van der Waals surface area contributed by atoms with E-state index in [0.29, 0.717) is 24.3 Å². The van der Waals surface area contributed by atoms with Gasteiger partial charge in [0.25, 0.3) is 5.91 Å². The molecule has 0 saturated carbocycles. The summed E-state index contributed by atoms with van der Waals surface area (Å²) in [5.74, 6) is 0.0754. The number of unbranched alkanes of at least 4 members (excludes halogenated alkanes) is 1. The van der Waals surface area contributed by atoms with Gasteiger partial charge >= 0.3 is 0 Å². The number of aromatic nitrogens is 1. The van der Waals surface area contributed by atoms with Crippen LogP contribution >= 0.6 is 11.3 Å². The molecule has 184 valence electrons. The van der Waals surface area contributed by atoms with Crippen LogP contribution in [-0.2, 0) is 11.4 Å². The van der Waals surface area contributed by atoms with E-state index in [-0.39, 0.29) is 11.8 Å². The van der Waals surface area contributed by atoms with Crippen molar-refractivity contribution in [3.8, 4) is 5.75 Å². The Kier molecular flexibility index (Phi) is 8.73. The Morgan fingerprint density at radius 1 is 1.14 bits per heavy atom. The molecule has 1 saturated heterocycles. The monoisotopic (exact) mass is 492 g/mol. The van der Waals surface area contributed by atoms with Gasteiger partial charge in [-0.2, -0.15) is 0 Å². The van der Waals surface area contributed by atoms with Gasteiger partial charge in [-0.3, -0.25) is 9.59 Å². The molecule has 35 heavy (non-hydrogen) atoms. The van der Waals surface area contributed by atoms with Crippen molar-refractivity contribution >= 4 is 34.5 Å². The van der Waals surface area contributed by atoms with E-state index >= 15 is 0 Å². The SMILES string of the molecule is CCCCC(NC(=O)c1cccc(OCc2cscn2)c1)C(=O)Nc1cccc(N2CCCC2)c1. The van der Waals surface area contributed by atoms with Crippen molar-refractivity contribution in [2.75, 3.05) is 23.3 Å². The molecule has 1 fully saturated rings. The van der Waals surface area contributed by atoms with E-state index in [1.807, 2.05) is 23.6 Å². The van der Waals surface area contributed by atoms with Crippen molar-refractivity contribution in [3.63, 3.8) is 0 Å². The number of hydrogen-bond donors (Lipinski definition) is 2. The highest BCUT2D eigenvalue weighted by Crippen LogP contribution is 2.23. The summed E-state index contributed by atoms with van der Waals surface area (Å²) in [6.07, 6.45) is 4.73. The predicted molar refractivity (Wildman–Crippen MR) is 140 cm³/mol. The summed E-state index contributed by atoms with van der Waals surface area (Å²) in [5, 5.41) is 7.86. The van der Waals surface area contributed by atoms with E-state index < -0.39 is 6.04 Å². The smallest absolute Gasteiger partial charge is 0.252 e. The molecule has 4 rings (SSSR count). The summed E-state index contributed by atoms with van der Waals surface area (Å²) in [4.78, 5) is 32.7. The molecule has 2 N–H and O–H groups in total. The van der Waals surface area contributed by atoms with Gasteiger partial charge in [0.15, 0.2) is 0 Å². The Balaban J connectivity index is 1.40. The molecule has 0 radical (unpaired) electrons. The van der Waals surface area contributed by atoms with Crippen LogP contribution in [0.1, 0.15) is 55.1 Å². The van der Waals surface area contributed by atoms with Crippen LogP contribution in [0.25, 0.3) is 0 Å². The van der Waals surface area contributed by atoms with Gasteiger partial charge in [0.05, 0.1) is 11.2 Å². The van der Waals surface area contributed by atoms with E-state index in [0.717, 1.165) is 43.0 Å². The van der Waals surface area contributed by atoms with E-state index in [1.165, 1.54) is 24.2 Å². The fourth-order valence-corrected chi connectivity index (χ4v) is 4.64. The molecular weight excluding hydrogens is 460 g/mol. The van der Waals surface area contributed by atoms with Crippen LogP contribution in [0.5, 0.6) is 5.75 Å². The number of rotatable bonds is 11. The zero-order chi connectivity index (χ0) is 24.5. The van der Waals surface area contributed by atoms with Gasteiger partial charge < -0.3 is 20.3 Å². The molecule has 3 aromatic rings. The number of nitrogens with zero attached hydrogens (tertiary/aromatic N) is 2. The quantitative estimate of drug-likeness (QED) is 0.382. The summed E-state index contributed by atoms with van der Waals surface area (Å²) in [6, 6.07) is 14.3. The zero-order valence-electron chi connectivity index (χ0n) is 20.0. The lowest BCUT2D eigenvalue weighted by Gasteiger charge is -2.21. The third kappa shape index (κ3) is 7.05. The second kappa shape index (κ2) is 12.4. The second-order valence-corrected chi connectivity index (χ2v) is 9.42. The average Bonchev–Trinajstić information content (AvgIpc) is 3.60. The lowest BCUT2D eigenvalue weighted by Crippen LogP contribution is -2.43. The number of ether oxygens (including phenoxy) is 1. The van der Waals surface area contributed by atoms with E-state index in [9.17, 15) is 9.59 Å². The van der Waals surface area contributed by atoms with Gasteiger partial charge in [0, 0.05) is 35.4 Å². The molecule has 2 heterocycles. The number of carbonyl (C=O) groups is 2. The van der Waals surface area contributed by atoms with Crippen LogP contribution in [0.4, 0.5) is 11.4 Å². The Morgan fingerprint density at radius 2 is 1.97 bits per heavy atom. The largest absolute Gasteiger partial charge is 0.487 e. The number of amides is 2. The molecule has 1 aliphatic heterocycles. The minimum atomic E-state index is -0.627. The van der Waals surface area contributed by atoms with Crippen molar-refractivity contribution in [3.05, 3.63) is 70.7 Å². The molecule has 2 aromatic carbocycles. The van der Waals surface area contributed by atoms with E-state index in [1.54, 1.807) is 29.8 Å². The van der Waals surface area contributed by atoms with Gasteiger partial charge in [0.1, 0.15) is 18.4 Å². The Morgan fingerprint density at radius 3 is 2.74 bits per heavy atom. The summed E-state index contributed by atoms with van der Waals surface area (Å²) in [5.41, 5.74) is 4.91. The first-order valence-electron chi connectivity index (χ1n) is 12.2. The predicted octanol–water partition coefficient (Wildman–Crippen LogP) is 5.25. The van der Waals surface area contributed by atoms with E-state index in [4.69, 9.17) is 4.74 Å². The van der Waals surface area contributed by atoms with Crippen molar-refractivity contribution in [2.45, 2.75) is 51.7 Å². The molecule has 1 aromatic heterocycles. The first kappa shape index (κ1) is 24.7. The summed E-state index contributed by atoms with van der Waals surface area (Å²) < 4.78 is 5.77. The molecule has 0 aliphatic carbocycles. The van der Waals surface area contributed by atoms with Crippen molar-refractivity contribution in [1.29, 1.82) is 0 Å². The van der Waals surface area contributed by atoms with Gasteiger partial charge in [-0.15, -0.1) is 11.3 Å². The number of thiazole rings is 1. The average molecular weight is 493 g/mol. The number of carbonyl (C=O) groups excluding carboxylic acids is 2. The Bertz CT molecular complexity index is 1110. The number of anilines is 2. The first-order chi connectivity index (χ1) is 17.1. The highest BCUT2D eigenvalue weighted by Gasteiger charge is 2.22. The Labute approximate surface area is 210 Å². The third-order valence-electron chi connectivity index (χ3n) is 6.02. The van der Waals surface area contributed by atoms with Crippen molar-refractivity contribution in [1.82, 2.24) is 10.3 Å². The highest BCUT2D eigenvalue weighted by atomic mass is 32.1. The fraction of sp³-hybridized carbons (Fsp3) is 0.370. The normalized spacial score (nSPS) is 13.9. The van der Waals surface area contributed by atoms with Crippen molar-refractivity contribution in [2.24, 2.45) is 0 Å². The van der Waals surface area contributed by atoms with Gasteiger partial charge in [0.2, 0.25) is 5.91 Å². The molecule has 8 heteroatoms. The second-order valence-electron chi connectivity index (χ2n) is 8.70. The molecule has 2 amide bonds. The Hall–Kier alpha value is -3.39. The molecule has 0 spiro atoms. The maximum atomic E-state index is 13.1. The summed E-state index contributed by atoms with van der Waals surface area (Å²) in [7, 11) is 0.